The molecule has 0 aromatic heterocycles. The quantitative estimate of drug-likeness (QED) is 0.337. The van der Waals surface area contributed by atoms with Gasteiger partial charge in [-0.3, -0.25) is 0 Å². The summed E-state index contributed by atoms with van der Waals surface area (Å²) in [6.45, 7) is 0. The van der Waals surface area contributed by atoms with E-state index in [1.54, 1.807) is 20.3 Å². The van der Waals surface area contributed by atoms with E-state index in [1.807, 2.05) is 0 Å². The Morgan fingerprint density at radius 1 is 1.40 bits per heavy atom. The number of nitrogens with zero attached hydrogens (tertiary/aromatic N) is 2. The second-order valence-electron chi connectivity index (χ2n) is 0.722. The third-order valence-corrected chi connectivity index (χ3v) is 0.372. The first-order valence-corrected chi connectivity index (χ1v) is 1.38. The Bertz CT molecular complexity index is 65.7. The van der Waals surface area contributed by atoms with Crippen LogP contribution in [0.3, 0.4) is 0 Å². The molecule has 1 aliphatic rings. The molecular weight excluding hydrogens is 61.6 g/mol. The minimum atomic E-state index is 1.64. The monoisotopic (exact) mass is 63.0 g/mol. The summed E-state index contributed by atoms with van der Waals surface area (Å²) < 4.78 is 0. The Hall–Kier alpha value is -0.400. The topological polar surface area (TPSA) is 24.7 Å². The molecule has 1 radical (unpaired) electrons. The molecule has 0 unspecified atom stereocenters. The third kappa shape index (κ3) is 0.435. The zero-order valence-electron chi connectivity index (χ0n) is 2.63. The van der Waals surface area contributed by atoms with Gasteiger partial charge in [0.1, 0.15) is 0 Å². The first kappa shape index (κ1) is 2.82. The van der Waals surface area contributed by atoms with E-state index >= 15 is 0 Å². The minimum absolute atomic E-state index is 1.64. The summed E-state index contributed by atoms with van der Waals surface area (Å²) in [5, 5.41) is 6.94. The van der Waals surface area contributed by atoms with Crippen molar-refractivity contribution in [1.82, 2.24) is 0 Å². The van der Waals surface area contributed by atoms with Crippen molar-refractivity contribution < 1.29 is 0 Å². The van der Waals surface area contributed by atoms with Crippen molar-refractivity contribution in [2.24, 2.45) is 10.1 Å². The van der Waals surface area contributed by atoms with E-state index in [1.165, 1.54) is 0 Å². The van der Waals surface area contributed by atoms with Gasteiger partial charge < -0.3 is 0 Å². The van der Waals surface area contributed by atoms with Gasteiger partial charge in [-0.15, -0.1) is 0 Å². The number of rotatable bonds is 0. The third-order valence-electron chi connectivity index (χ3n) is 0.372. The predicted molar refractivity (Wildman–Crippen MR) is 22.4 cm³/mol. The standard InChI is InChI=1S/CHB2N2/c1-2-4-5-3-1/h1H. The molecule has 5 heavy (non-hydrogen) atoms. The fourth-order valence-corrected chi connectivity index (χ4v) is 0.192. The average Bonchev–Trinajstić information content (AvgIpc) is 1.76. The molecule has 4 heteroatoms. The van der Waals surface area contributed by atoms with E-state index < -0.39 is 0 Å². The molecule has 1 heterocycles. The van der Waals surface area contributed by atoms with Crippen LogP contribution in [-0.4, -0.2) is 20.3 Å². The van der Waals surface area contributed by atoms with Gasteiger partial charge in [0.05, 0.1) is 0 Å². The summed E-state index contributed by atoms with van der Waals surface area (Å²) in [5.74, 6) is 1.78. The molecule has 0 fully saturated rings. The Balaban J connectivity index is 2.61. The molecular formula is CHB2N2. The van der Waals surface area contributed by atoms with Crippen LogP contribution in [0.15, 0.2) is 10.1 Å². The second-order valence-corrected chi connectivity index (χ2v) is 0.722. The van der Waals surface area contributed by atoms with Crippen molar-refractivity contribution in [3.63, 3.8) is 0 Å². The molecule has 0 N–H and O–H groups in total. The summed E-state index contributed by atoms with van der Waals surface area (Å²) in [7, 11) is 3.28. The maximum absolute atomic E-state index is 3.47. The van der Waals surface area contributed by atoms with Crippen LogP contribution >= 0.6 is 0 Å². The second kappa shape index (κ2) is 1.15. The summed E-state index contributed by atoms with van der Waals surface area (Å²) >= 11 is 0. The summed E-state index contributed by atoms with van der Waals surface area (Å²) in [6.07, 6.45) is 0. The molecule has 0 aromatic carbocycles. The first-order valence-electron chi connectivity index (χ1n) is 1.38. The van der Waals surface area contributed by atoms with Gasteiger partial charge in [0.25, 0.3) is 0 Å². The fraction of sp³-hybridized carbons (Fsp3) is 0. The molecule has 0 amide bonds. The Morgan fingerprint density at radius 2 is 2.40 bits per heavy atom. The Kier molecular flexibility index (Phi) is 0.648. The van der Waals surface area contributed by atoms with Crippen molar-refractivity contribution in [2.45, 2.75) is 0 Å². The molecule has 0 spiro atoms. The number of hydrogen-bond acceptors (Lipinski definition) is 2. The van der Waals surface area contributed by atoms with Crippen molar-refractivity contribution in [3.05, 3.63) is 0 Å². The van der Waals surface area contributed by atoms with Crippen molar-refractivity contribution >= 4 is 20.3 Å². The van der Waals surface area contributed by atoms with E-state index in [-0.39, 0.29) is 0 Å². The summed E-state index contributed by atoms with van der Waals surface area (Å²) in [4.78, 5) is 0. The van der Waals surface area contributed by atoms with Crippen LogP contribution in [0, 0.1) is 0 Å². The van der Waals surface area contributed by atoms with Gasteiger partial charge in [-0.2, -0.15) is 0 Å². The van der Waals surface area contributed by atoms with Crippen LogP contribution in [0.2, 0.25) is 0 Å². The molecule has 0 saturated heterocycles. The van der Waals surface area contributed by atoms with Crippen molar-refractivity contribution in [2.75, 3.05) is 0 Å². The first-order chi connectivity index (χ1) is 2.50. The van der Waals surface area contributed by atoms with Crippen LogP contribution in [-0.2, 0) is 0 Å². The van der Waals surface area contributed by atoms with E-state index in [4.69, 9.17) is 0 Å². The molecule has 0 atom stereocenters. The predicted octanol–water partition coefficient (Wildman–Crippen LogP) is -0.550. The molecule has 21 valence electrons. The van der Waals surface area contributed by atoms with E-state index in [0.29, 0.717) is 0 Å². The molecule has 0 bridgehead atoms. The van der Waals surface area contributed by atoms with E-state index in [2.05, 4.69) is 10.1 Å². The van der Waals surface area contributed by atoms with Crippen LogP contribution < -0.4 is 0 Å². The van der Waals surface area contributed by atoms with Crippen LogP contribution in [0.4, 0.5) is 0 Å². The molecule has 1 rings (SSSR count). The molecule has 0 aromatic rings. The zero-order valence-corrected chi connectivity index (χ0v) is 2.63. The van der Waals surface area contributed by atoms with Gasteiger partial charge in [-0.1, -0.05) is 0 Å². The normalized spacial score (nSPS) is 14.4. The van der Waals surface area contributed by atoms with E-state index in [0.717, 1.165) is 0 Å². The van der Waals surface area contributed by atoms with Crippen LogP contribution in [0.5, 0.6) is 0 Å². The molecule has 2 nitrogen and oxygen atoms in total. The van der Waals surface area contributed by atoms with Crippen LogP contribution in [0.1, 0.15) is 0 Å². The Morgan fingerprint density at radius 3 is 2.60 bits per heavy atom. The summed E-state index contributed by atoms with van der Waals surface area (Å²) in [5.41, 5.74) is 0. The average molecular weight is 62.7 g/mol. The van der Waals surface area contributed by atoms with Gasteiger partial charge in [0, 0.05) is 0 Å². The maximum atomic E-state index is 3.47. The number of hydrogen-bond donors (Lipinski definition) is 0. The van der Waals surface area contributed by atoms with Crippen molar-refractivity contribution in [3.8, 4) is 0 Å². The van der Waals surface area contributed by atoms with Gasteiger partial charge in [0.2, 0.25) is 0 Å². The van der Waals surface area contributed by atoms with Gasteiger partial charge in [-0.25, -0.2) is 0 Å². The van der Waals surface area contributed by atoms with E-state index in [9.17, 15) is 0 Å². The van der Waals surface area contributed by atoms with Crippen LogP contribution in [0.25, 0.3) is 0 Å². The summed E-state index contributed by atoms with van der Waals surface area (Å²) in [6, 6.07) is 0. The molecule has 0 aliphatic carbocycles. The molecule has 0 saturated carbocycles. The van der Waals surface area contributed by atoms with Gasteiger partial charge >= 0.3 is 30.4 Å². The fourth-order valence-electron chi connectivity index (χ4n) is 0.192. The zero-order chi connectivity index (χ0) is 3.54. The van der Waals surface area contributed by atoms with Gasteiger partial charge in [-0.05, 0) is 0 Å². The Labute approximate surface area is 31.5 Å². The SMILES string of the molecule is [B]1C=BN=N1. The van der Waals surface area contributed by atoms with Gasteiger partial charge in [0.15, 0.2) is 0 Å². The van der Waals surface area contributed by atoms with Crippen molar-refractivity contribution in [1.29, 1.82) is 0 Å². The molecule has 1 aliphatic heterocycles.